The number of carbonyl (C=O) groups excluding carboxylic acids is 2. The SMILES string of the molecule is O=C(CCc1ccccc1)NC1CCN(C(=O)CCc2ccc(Cl)cc2Cl)CC1. The molecule has 4 nitrogen and oxygen atoms in total. The summed E-state index contributed by atoms with van der Waals surface area (Å²) < 4.78 is 0. The summed E-state index contributed by atoms with van der Waals surface area (Å²) in [4.78, 5) is 26.6. The zero-order valence-electron chi connectivity index (χ0n) is 16.4. The number of hydrogen-bond acceptors (Lipinski definition) is 2. The van der Waals surface area contributed by atoms with Crippen molar-refractivity contribution in [1.29, 1.82) is 0 Å². The van der Waals surface area contributed by atoms with Crippen LogP contribution in [0.15, 0.2) is 48.5 Å². The standard InChI is InChI=1S/C23H26Cl2N2O2/c24-19-9-7-18(21(25)16-19)8-11-23(29)27-14-12-20(13-15-27)26-22(28)10-6-17-4-2-1-3-5-17/h1-5,7,9,16,20H,6,8,10-15H2,(H,26,28). The maximum absolute atomic E-state index is 12.5. The van der Waals surface area contributed by atoms with Gasteiger partial charge in [0.05, 0.1) is 0 Å². The molecule has 2 aromatic rings. The van der Waals surface area contributed by atoms with Crippen molar-refractivity contribution in [2.45, 2.75) is 44.6 Å². The highest BCUT2D eigenvalue weighted by molar-refractivity contribution is 6.35. The first-order valence-corrected chi connectivity index (χ1v) is 10.8. The average Bonchev–Trinajstić information content (AvgIpc) is 2.73. The fourth-order valence-electron chi connectivity index (χ4n) is 3.60. The van der Waals surface area contributed by atoms with Gasteiger partial charge in [-0.1, -0.05) is 59.6 Å². The normalized spacial score (nSPS) is 14.6. The minimum atomic E-state index is 0.0796. The molecule has 0 spiro atoms. The molecule has 0 aliphatic carbocycles. The fraction of sp³-hybridized carbons (Fsp3) is 0.391. The summed E-state index contributed by atoms with van der Waals surface area (Å²) in [6.07, 6.45) is 3.86. The maximum Gasteiger partial charge on any atom is 0.222 e. The van der Waals surface area contributed by atoms with Crippen molar-refractivity contribution >= 4 is 35.0 Å². The number of benzene rings is 2. The Morgan fingerprint density at radius 3 is 2.38 bits per heavy atom. The molecule has 1 heterocycles. The van der Waals surface area contributed by atoms with Gasteiger partial charge in [0, 0.05) is 42.0 Å². The van der Waals surface area contributed by atoms with Crippen LogP contribution in [0.3, 0.4) is 0 Å². The Hall–Kier alpha value is -2.04. The average molecular weight is 433 g/mol. The molecule has 2 aromatic carbocycles. The molecule has 1 fully saturated rings. The third-order valence-corrected chi connectivity index (χ3v) is 5.91. The lowest BCUT2D eigenvalue weighted by Gasteiger charge is -2.32. The van der Waals surface area contributed by atoms with Gasteiger partial charge in [-0.25, -0.2) is 0 Å². The second kappa shape index (κ2) is 10.7. The van der Waals surface area contributed by atoms with Crippen molar-refractivity contribution in [3.63, 3.8) is 0 Å². The van der Waals surface area contributed by atoms with Gasteiger partial charge in [0.2, 0.25) is 11.8 Å². The van der Waals surface area contributed by atoms with Crippen LogP contribution in [0.5, 0.6) is 0 Å². The van der Waals surface area contributed by atoms with Crippen LogP contribution in [-0.2, 0) is 22.4 Å². The highest BCUT2D eigenvalue weighted by atomic mass is 35.5. The molecule has 1 saturated heterocycles. The first kappa shape index (κ1) is 21.7. The maximum atomic E-state index is 12.5. The zero-order chi connectivity index (χ0) is 20.6. The molecule has 2 amide bonds. The summed E-state index contributed by atoms with van der Waals surface area (Å²) in [6, 6.07) is 15.5. The molecule has 1 N–H and O–H groups in total. The second-order valence-corrected chi connectivity index (χ2v) is 8.29. The van der Waals surface area contributed by atoms with E-state index in [1.165, 1.54) is 5.56 Å². The molecule has 0 unspecified atom stereocenters. The van der Waals surface area contributed by atoms with E-state index in [9.17, 15) is 9.59 Å². The quantitative estimate of drug-likeness (QED) is 0.690. The topological polar surface area (TPSA) is 49.4 Å². The van der Waals surface area contributed by atoms with Gasteiger partial charge in [-0.05, 0) is 48.9 Å². The van der Waals surface area contributed by atoms with E-state index in [2.05, 4.69) is 5.32 Å². The van der Waals surface area contributed by atoms with Gasteiger partial charge in [0.15, 0.2) is 0 Å². The molecule has 0 aromatic heterocycles. The summed E-state index contributed by atoms with van der Waals surface area (Å²) in [5, 5.41) is 4.31. The monoisotopic (exact) mass is 432 g/mol. The summed E-state index contributed by atoms with van der Waals surface area (Å²) in [5.41, 5.74) is 2.11. The number of nitrogens with one attached hydrogen (secondary N) is 1. The third kappa shape index (κ3) is 6.76. The molecule has 0 saturated carbocycles. The lowest BCUT2D eigenvalue weighted by molar-refractivity contribution is -0.132. The van der Waals surface area contributed by atoms with Crippen molar-refractivity contribution < 1.29 is 9.59 Å². The number of rotatable bonds is 7. The van der Waals surface area contributed by atoms with Crippen LogP contribution in [0, 0.1) is 0 Å². The van der Waals surface area contributed by atoms with Crippen molar-refractivity contribution in [1.82, 2.24) is 10.2 Å². The van der Waals surface area contributed by atoms with Gasteiger partial charge in [-0.3, -0.25) is 9.59 Å². The number of amides is 2. The van der Waals surface area contributed by atoms with Crippen molar-refractivity contribution in [2.75, 3.05) is 13.1 Å². The minimum Gasteiger partial charge on any atom is -0.353 e. The number of piperidine rings is 1. The summed E-state index contributed by atoms with van der Waals surface area (Å²) in [5.74, 6) is 0.209. The van der Waals surface area contributed by atoms with Crippen molar-refractivity contribution in [2.24, 2.45) is 0 Å². The summed E-state index contributed by atoms with van der Waals surface area (Å²) in [6.45, 7) is 1.35. The van der Waals surface area contributed by atoms with E-state index in [1.54, 1.807) is 12.1 Å². The van der Waals surface area contributed by atoms with E-state index in [0.29, 0.717) is 42.4 Å². The van der Waals surface area contributed by atoms with E-state index in [0.717, 1.165) is 24.8 Å². The Balaban J connectivity index is 1.37. The molecule has 1 aliphatic heterocycles. The highest BCUT2D eigenvalue weighted by Gasteiger charge is 2.23. The molecule has 154 valence electrons. The van der Waals surface area contributed by atoms with E-state index < -0.39 is 0 Å². The first-order valence-electron chi connectivity index (χ1n) is 10.1. The lowest BCUT2D eigenvalue weighted by atomic mass is 10.0. The minimum absolute atomic E-state index is 0.0796. The zero-order valence-corrected chi connectivity index (χ0v) is 17.9. The van der Waals surface area contributed by atoms with Crippen molar-refractivity contribution in [3.8, 4) is 0 Å². The lowest BCUT2D eigenvalue weighted by Crippen LogP contribution is -2.46. The van der Waals surface area contributed by atoms with Crippen LogP contribution in [0.1, 0.15) is 36.8 Å². The van der Waals surface area contributed by atoms with Gasteiger partial charge in [0.1, 0.15) is 0 Å². The van der Waals surface area contributed by atoms with Gasteiger partial charge in [-0.2, -0.15) is 0 Å². The van der Waals surface area contributed by atoms with Crippen LogP contribution in [0.4, 0.5) is 0 Å². The third-order valence-electron chi connectivity index (χ3n) is 5.32. The van der Waals surface area contributed by atoms with Gasteiger partial charge < -0.3 is 10.2 Å². The van der Waals surface area contributed by atoms with Gasteiger partial charge >= 0.3 is 0 Å². The van der Waals surface area contributed by atoms with E-state index in [-0.39, 0.29) is 17.9 Å². The fourth-order valence-corrected chi connectivity index (χ4v) is 4.10. The van der Waals surface area contributed by atoms with E-state index in [4.69, 9.17) is 23.2 Å². The Morgan fingerprint density at radius 1 is 0.966 bits per heavy atom. The summed E-state index contributed by atoms with van der Waals surface area (Å²) in [7, 11) is 0. The summed E-state index contributed by atoms with van der Waals surface area (Å²) >= 11 is 12.1. The molecule has 0 atom stereocenters. The van der Waals surface area contributed by atoms with Crippen LogP contribution in [0.2, 0.25) is 10.0 Å². The number of halogens is 2. The number of aryl methyl sites for hydroxylation is 2. The molecule has 29 heavy (non-hydrogen) atoms. The molecule has 0 radical (unpaired) electrons. The molecule has 0 bridgehead atoms. The Bertz CT molecular complexity index is 834. The predicted octanol–water partition coefficient (Wildman–Crippen LogP) is 4.67. The van der Waals surface area contributed by atoms with Gasteiger partial charge in [-0.15, -0.1) is 0 Å². The second-order valence-electron chi connectivity index (χ2n) is 7.44. The highest BCUT2D eigenvalue weighted by Crippen LogP contribution is 2.22. The molecular weight excluding hydrogens is 407 g/mol. The Kier molecular flexibility index (Phi) is 7.96. The van der Waals surface area contributed by atoms with Crippen molar-refractivity contribution in [3.05, 3.63) is 69.7 Å². The van der Waals surface area contributed by atoms with Crippen LogP contribution < -0.4 is 5.32 Å². The van der Waals surface area contributed by atoms with E-state index in [1.807, 2.05) is 41.3 Å². The predicted molar refractivity (Wildman–Crippen MR) is 117 cm³/mol. The van der Waals surface area contributed by atoms with Crippen LogP contribution in [-0.4, -0.2) is 35.8 Å². The largest absolute Gasteiger partial charge is 0.353 e. The smallest absolute Gasteiger partial charge is 0.222 e. The molecule has 1 aliphatic rings. The Morgan fingerprint density at radius 2 is 1.69 bits per heavy atom. The number of hydrogen-bond donors (Lipinski definition) is 1. The molecule has 3 rings (SSSR count). The van der Waals surface area contributed by atoms with Gasteiger partial charge in [0.25, 0.3) is 0 Å². The van der Waals surface area contributed by atoms with E-state index >= 15 is 0 Å². The van der Waals surface area contributed by atoms with Crippen LogP contribution >= 0.6 is 23.2 Å². The molecule has 6 heteroatoms. The first-order chi connectivity index (χ1) is 14.0. The number of carbonyl (C=O) groups is 2. The number of nitrogens with zero attached hydrogens (tertiary/aromatic N) is 1. The van der Waals surface area contributed by atoms with Crippen LogP contribution in [0.25, 0.3) is 0 Å². The Labute approximate surface area is 182 Å². The molecular formula is C23H26Cl2N2O2. The number of likely N-dealkylation sites (tertiary alicyclic amines) is 1.